The molecule has 1 amide bonds. The fourth-order valence-electron chi connectivity index (χ4n) is 2.80. The summed E-state index contributed by atoms with van der Waals surface area (Å²) < 4.78 is 21.6. The molecule has 0 aliphatic carbocycles. The van der Waals surface area contributed by atoms with Crippen molar-refractivity contribution >= 4 is 11.9 Å². The molecule has 1 aliphatic rings. The van der Waals surface area contributed by atoms with Crippen molar-refractivity contribution in [2.75, 3.05) is 34.0 Å². The van der Waals surface area contributed by atoms with Crippen molar-refractivity contribution in [1.82, 2.24) is 4.90 Å². The minimum atomic E-state index is -1.04. The lowest BCUT2D eigenvalue weighted by Crippen LogP contribution is -2.26. The number of carbonyl (C=O) groups is 2. The fourth-order valence-corrected chi connectivity index (χ4v) is 2.80. The predicted molar refractivity (Wildman–Crippen MR) is 99.4 cm³/mol. The normalized spacial score (nSPS) is 12.2. The number of rotatable bonds is 7. The first-order valence-corrected chi connectivity index (χ1v) is 8.64. The number of ether oxygens (including phenoxy) is 4. The van der Waals surface area contributed by atoms with E-state index in [1.54, 1.807) is 48.3 Å². The van der Waals surface area contributed by atoms with Crippen LogP contribution in [-0.2, 0) is 11.3 Å². The van der Waals surface area contributed by atoms with E-state index >= 15 is 0 Å². The fraction of sp³-hybridized carbons (Fsp3) is 0.300. The summed E-state index contributed by atoms with van der Waals surface area (Å²) in [5.41, 5.74) is 1.31. The van der Waals surface area contributed by atoms with E-state index in [1.807, 2.05) is 0 Å². The summed E-state index contributed by atoms with van der Waals surface area (Å²) in [5.74, 6) is 0.670. The minimum Gasteiger partial charge on any atom is -0.493 e. The van der Waals surface area contributed by atoms with E-state index in [1.165, 1.54) is 7.11 Å². The zero-order valence-corrected chi connectivity index (χ0v) is 15.6. The van der Waals surface area contributed by atoms with Crippen LogP contribution < -0.4 is 18.9 Å². The van der Waals surface area contributed by atoms with Gasteiger partial charge in [0.2, 0.25) is 5.75 Å². The molecule has 8 heteroatoms. The number of hydrogen-bond donors (Lipinski definition) is 1. The van der Waals surface area contributed by atoms with Gasteiger partial charge in [-0.3, -0.25) is 4.79 Å². The van der Waals surface area contributed by atoms with Crippen molar-refractivity contribution in [2.45, 2.75) is 6.54 Å². The Morgan fingerprint density at radius 2 is 1.86 bits per heavy atom. The number of aliphatic carboxylic acids is 1. The quantitative estimate of drug-likeness (QED) is 0.778. The third kappa shape index (κ3) is 4.46. The molecule has 2 aromatic rings. The highest BCUT2D eigenvalue weighted by molar-refractivity contribution is 5.95. The molecule has 0 saturated heterocycles. The van der Waals surface area contributed by atoms with Gasteiger partial charge in [-0.05, 0) is 29.8 Å². The lowest BCUT2D eigenvalue weighted by Gasteiger charge is -2.23. The van der Waals surface area contributed by atoms with E-state index in [2.05, 4.69) is 0 Å². The molecule has 0 fully saturated rings. The van der Waals surface area contributed by atoms with Gasteiger partial charge in [0.15, 0.2) is 18.1 Å². The Balaban J connectivity index is 1.70. The summed E-state index contributed by atoms with van der Waals surface area (Å²) in [7, 11) is 3.21. The van der Waals surface area contributed by atoms with Gasteiger partial charge in [-0.15, -0.1) is 0 Å². The van der Waals surface area contributed by atoms with Gasteiger partial charge in [0.1, 0.15) is 19.0 Å². The molecule has 0 aromatic heterocycles. The first-order valence-electron chi connectivity index (χ1n) is 8.64. The molecule has 0 saturated carbocycles. The van der Waals surface area contributed by atoms with Crippen molar-refractivity contribution in [3.05, 3.63) is 47.5 Å². The van der Waals surface area contributed by atoms with Gasteiger partial charge in [0, 0.05) is 19.2 Å². The van der Waals surface area contributed by atoms with Gasteiger partial charge in [-0.1, -0.05) is 12.1 Å². The van der Waals surface area contributed by atoms with Crippen LogP contribution in [0.25, 0.3) is 0 Å². The molecule has 0 bridgehead atoms. The summed E-state index contributed by atoms with van der Waals surface area (Å²) in [4.78, 5) is 24.9. The second-order valence-corrected chi connectivity index (χ2v) is 6.19. The van der Waals surface area contributed by atoms with Crippen LogP contribution in [-0.4, -0.2) is 55.9 Å². The Morgan fingerprint density at radius 1 is 1.14 bits per heavy atom. The average molecular weight is 387 g/mol. The summed E-state index contributed by atoms with van der Waals surface area (Å²) in [5, 5.41) is 8.63. The van der Waals surface area contributed by atoms with E-state index in [0.717, 1.165) is 5.56 Å². The Bertz CT molecular complexity index is 846. The van der Waals surface area contributed by atoms with Crippen molar-refractivity contribution in [3.63, 3.8) is 0 Å². The highest BCUT2D eigenvalue weighted by atomic mass is 16.6. The maximum absolute atomic E-state index is 12.8. The van der Waals surface area contributed by atoms with Crippen LogP contribution in [0.1, 0.15) is 15.9 Å². The summed E-state index contributed by atoms with van der Waals surface area (Å²) in [6.07, 6.45) is 0. The van der Waals surface area contributed by atoms with Gasteiger partial charge in [-0.2, -0.15) is 0 Å². The molecular formula is C20H21NO7. The number of carboxylic acids is 1. The highest BCUT2D eigenvalue weighted by Gasteiger charge is 2.22. The van der Waals surface area contributed by atoms with Crippen molar-refractivity contribution in [2.24, 2.45) is 0 Å². The second kappa shape index (κ2) is 8.51. The monoisotopic (exact) mass is 387 g/mol. The number of hydrogen-bond acceptors (Lipinski definition) is 6. The molecule has 1 heterocycles. The number of carbonyl (C=O) groups excluding carboxylic acids is 1. The van der Waals surface area contributed by atoms with Crippen molar-refractivity contribution in [3.8, 4) is 23.0 Å². The van der Waals surface area contributed by atoms with Crippen LogP contribution in [0.4, 0.5) is 0 Å². The molecule has 148 valence electrons. The summed E-state index contributed by atoms with van der Waals surface area (Å²) in [6.45, 7) is 0.821. The number of amides is 1. The van der Waals surface area contributed by atoms with Gasteiger partial charge in [0.25, 0.3) is 5.91 Å². The van der Waals surface area contributed by atoms with Gasteiger partial charge in [0.05, 0.1) is 7.11 Å². The van der Waals surface area contributed by atoms with Crippen molar-refractivity contribution < 1.29 is 33.6 Å². The molecule has 3 rings (SSSR count). The van der Waals surface area contributed by atoms with E-state index in [-0.39, 0.29) is 5.91 Å². The Morgan fingerprint density at radius 3 is 2.54 bits per heavy atom. The molecule has 1 aliphatic heterocycles. The number of fused-ring (bicyclic) bond motifs is 1. The molecule has 2 aromatic carbocycles. The van der Waals surface area contributed by atoms with Crippen LogP contribution in [0.3, 0.4) is 0 Å². The standard InChI is InChI=1S/C20H21NO7/c1-21(11-13-3-5-15(6-4-13)28-12-18(22)23)20(24)14-9-16(25-2)19-17(10-14)26-7-8-27-19/h3-6,9-10H,7-8,11-12H2,1-2H3,(H,22,23). The van der Waals surface area contributed by atoms with E-state index in [9.17, 15) is 9.59 Å². The molecule has 0 unspecified atom stereocenters. The van der Waals surface area contributed by atoms with Crippen molar-refractivity contribution in [1.29, 1.82) is 0 Å². The zero-order chi connectivity index (χ0) is 20.1. The molecule has 0 atom stereocenters. The Kier molecular flexibility index (Phi) is 5.88. The van der Waals surface area contributed by atoms with Crippen LogP contribution in [0.5, 0.6) is 23.0 Å². The first kappa shape index (κ1) is 19.3. The topological polar surface area (TPSA) is 94.5 Å². The Labute approximate surface area is 162 Å². The lowest BCUT2D eigenvalue weighted by atomic mass is 10.1. The van der Waals surface area contributed by atoms with Crippen LogP contribution >= 0.6 is 0 Å². The number of benzene rings is 2. The van der Waals surface area contributed by atoms with Gasteiger partial charge >= 0.3 is 5.97 Å². The van der Waals surface area contributed by atoms with Crippen LogP contribution in [0, 0.1) is 0 Å². The third-order valence-electron chi connectivity index (χ3n) is 4.13. The highest BCUT2D eigenvalue weighted by Crippen LogP contribution is 2.40. The first-order chi connectivity index (χ1) is 13.5. The maximum Gasteiger partial charge on any atom is 0.341 e. The Hall–Kier alpha value is -3.42. The summed E-state index contributed by atoms with van der Waals surface area (Å²) in [6, 6.07) is 10.2. The molecule has 28 heavy (non-hydrogen) atoms. The van der Waals surface area contributed by atoms with Crippen LogP contribution in [0.2, 0.25) is 0 Å². The zero-order valence-electron chi connectivity index (χ0n) is 15.6. The van der Waals surface area contributed by atoms with E-state index in [0.29, 0.717) is 48.3 Å². The SMILES string of the molecule is COc1cc(C(=O)N(C)Cc2ccc(OCC(=O)O)cc2)cc2c1OCCO2. The second-order valence-electron chi connectivity index (χ2n) is 6.19. The van der Waals surface area contributed by atoms with E-state index < -0.39 is 12.6 Å². The predicted octanol–water partition coefficient (Wildman–Crippen LogP) is 2.20. The minimum absolute atomic E-state index is 0.193. The molecule has 1 N–H and O–H groups in total. The smallest absolute Gasteiger partial charge is 0.341 e. The number of carboxylic acid groups (broad SMARTS) is 1. The number of nitrogens with zero attached hydrogens (tertiary/aromatic N) is 1. The molecule has 8 nitrogen and oxygen atoms in total. The molecule has 0 radical (unpaired) electrons. The van der Waals surface area contributed by atoms with Crippen LogP contribution in [0.15, 0.2) is 36.4 Å². The van der Waals surface area contributed by atoms with Gasteiger partial charge < -0.3 is 29.0 Å². The van der Waals surface area contributed by atoms with E-state index in [4.69, 9.17) is 24.1 Å². The van der Waals surface area contributed by atoms with Gasteiger partial charge in [-0.25, -0.2) is 4.79 Å². The molecule has 0 spiro atoms. The maximum atomic E-state index is 12.8. The third-order valence-corrected chi connectivity index (χ3v) is 4.13. The largest absolute Gasteiger partial charge is 0.493 e. The number of methoxy groups -OCH3 is 1. The summed E-state index contributed by atoms with van der Waals surface area (Å²) >= 11 is 0. The molecular weight excluding hydrogens is 366 g/mol. The lowest BCUT2D eigenvalue weighted by molar-refractivity contribution is -0.139. The average Bonchev–Trinajstić information content (AvgIpc) is 2.71.